The summed E-state index contributed by atoms with van der Waals surface area (Å²) < 4.78 is 10.8. The van der Waals surface area contributed by atoms with Crippen molar-refractivity contribution in [1.82, 2.24) is 19.9 Å². The normalized spacial score (nSPS) is 14.6. The fourth-order valence-corrected chi connectivity index (χ4v) is 3.54. The first-order valence-corrected chi connectivity index (χ1v) is 10.1. The molecule has 30 heavy (non-hydrogen) atoms. The van der Waals surface area contributed by atoms with Crippen LogP contribution in [0.3, 0.4) is 0 Å². The van der Waals surface area contributed by atoms with Gasteiger partial charge >= 0.3 is 0 Å². The van der Waals surface area contributed by atoms with Crippen molar-refractivity contribution in [3.05, 3.63) is 71.1 Å². The molecule has 7 nitrogen and oxygen atoms in total. The fraction of sp³-hybridized carbons (Fsp3) is 0.348. The molecule has 1 aliphatic heterocycles. The number of carbonyl (C=O) groups excluding carboxylic acids is 1. The topological polar surface area (TPSA) is 71.7 Å². The van der Waals surface area contributed by atoms with Gasteiger partial charge in [0.25, 0.3) is 5.91 Å². The van der Waals surface area contributed by atoms with E-state index in [0.29, 0.717) is 17.3 Å². The van der Waals surface area contributed by atoms with Crippen LogP contribution in [0.1, 0.15) is 27.4 Å². The molecule has 0 radical (unpaired) electrons. The van der Waals surface area contributed by atoms with Crippen molar-refractivity contribution in [2.75, 3.05) is 33.4 Å². The van der Waals surface area contributed by atoms with Gasteiger partial charge in [-0.25, -0.2) is 0 Å². The van der Waals surface area contributed by atoms with E-state index in [1.165, 1.54) is 0 Å². The highest BCUT2D eigenvalue weighted by Crippen LogP contribution is 2.18. The van der Waals surface area contributed by atoms with Gasteiger partial charge in [-0.05, 0) is 30.7 Å². The highest BCUT2D eigenvalue weighted by atomic mass is 16.5. The molecule has 0 atom stereocenters. The molecule has 0 saturated carbocycles. The Labute approximate surface area is 176 Å². The molecule has 0 aliphatic carbocycles. The maximum absolute atomic E-state index is 12.9. The number of amides is 1. The maximum Gasteiger partial charge on any atom is 0.254 e. The SMILES string of the molecule is Cc1cccc(-c2noc(CN(C)C(=O)c3cccc(CN4CCOCC4)c3)n2)c1. The third-order valence-electron chi connectivity index (χ3n) is 5.15. The van der Waals surface area contributed by atoms with Crippen LogP contribution in [0.25, 0.3) is 11.4 Å². The number of aryl methyl sites for hydroxylation is 1. The van der Waals surface area contributed by atoms with Crippen molar-refractivity contribution < 1.29 is 14.1 Å². The molecule has 0 N–H and O–H groups in total. The zero-order valence-corrected chi connectivity index (χ0v) is 17.4. The molecule has 1 aliphatic rings. The summed E-state index contributed by atoms with van der Waals surface area (Å²) >= 11 is 0. The number of aromatic nitrogens is 2. The number of hydrogen-bond donors (Lipinski definition) is 0. The molecule has 2 aromatic carbocycles. The van der Waals surface area contributed by atoms with Gasteiger partial charge in [0.05, 0.1) is 19.8 Å². The van der Waals surface area contributed by atoms with E-state index in [1.807, 2.05) is 49.4 Å². The van der Waals surface area contributed by atoms with E-state index in [4.69, 9.17) is 9.26 Å². The Hall–Kier alpha value is -3.03. The average molecular weight is 406 g/mol. The molecule has 0 bridgehead atoms. The Balaban J connectivity index is 1.41. The lowest BCUT2D eigenvalue weighted by Crippen LogP contribution is -2.35. The Morgan fingerprint density at radius 3 is 2.73 bits per heavy atom. The van der Waals surface area contributed by atoms with Crippen LogP contribution in [0, 0.1) is 6.92 Å². The summed E-state index contributed by atoms with van der Waals surface area (Å²) in [7, 11) is 1.74. The number of carbonyl (C=O) groups is 1. The summed E-state index contributed by atoms with van der Waals surface area (Å²) in [5, 5.41) is 4.05. The van der Waals surface area contributed by atoms with Gasteiger partial charge in [0.15, 0.2) is 0 Å². The summed E-state index contributed by atoms with van der Waals surface area (Å²) in [6, 6.07) is 15.7. The first-order valence-electron chi connectivity index (χ1n) is 10.1. The van der Waals surface area contributed by atoms with E-state index in [-0.39, 0.29) is 12.5 Å². The van der Waals surface area contributed by atoms with Gasteiger partial charge in [0, 0.05) is 37.8 Å². The van der Waals surface area contributed by atoms with Gasteiger partial charge in [-0.2, -0.15) is 4.98 Å². The summed E-state index contributed by atoms with van der Waals surface area (Å²) in [5.41, 5.74) is 3.80. The van der Waals surface area contributed by atoms with Crippen molar-refractivity contribution in [3.8, 4) is 11.4 Å². The third-order valence-corrected chi connectivity index (χ3v) is 5.15. The minimum absolute atomic E-state index is 0.0749. The minimum Gasteiger partial charge on any atom is -0.379 e. The molecule has 1 aromatic heterocycles. The second kappa shape index (κ2) is 9.19. The molecular weight excluding hydrogens is 380 g/mol. The standard InChI is InChI=1S/C23H26N4O3/c1-17-5-3-7-19(13-17)22-24-21(30-25-22)16-26(2)23(28)20-8-4-6-18(14-20)15-27-9-11-29-12-10-27/h3-8,13-14H,9-12,15-16H2,1-2H3. The minimum atomic E-state index is -0.0749. The zero-order valence-electron chi connectivity index (χ0n) is 17.4. The van der Waals surface area contributed by atoms with Gasteiger partial charge in [-0.1, -0.05) is 41.1 Å². The van der Waals surface area contributed by atoms with Crippen molar-refractivity contribution in [3.63, 3.8) is 0 Å². The maximum atomic E-state index is 12.9. The van der Waals surface area contributed by atoms with Gasteiger partial charge in [0.1, 0.15) is 0 Å². The first-order chi connectivity index (χ1) is 14.6. The first kappa shape index (κ1) is 20.3. The molecule has 2 heterocycles. The molecule has 1 fully saturated rings. The van der Waals surface area contributed by atoms with Crippen LogP contribution in [0.15, 0.2) is 53.1 Å². The second-order valence-corrected chi connectivity index (χ2v) is 7.63. The van der Waals surface area contributed by atoms with E-state index in [1.54, 1.807) is 11.9 Å². The Morgan fingerprint density at radius 1 is 1.13 bits per heavy atom. The highest BCUT2D eigenvalue weighted by molar-refractivity contribution is 5.94. The monoisotopic (exact) mass is 406 g/mol. The van der Waals surface area contributed by atoms with Crippen LogP contribution in [-0.2, 0) is 17.8 Å². The summed E-state index contributed by atoms with van der Waals surface area (Å²) in [5.74, 6) is 0.864. The molecule has 7 heteroatoms. The zero-order chi connectivity index (χ0) is 20.9. The largest absolute Gasteiger partial charge is 0.379 e. The van der Waals surface area contributed by atoms with E-state index in [2.05, 4.69) is 21.1 Å². The molecule has 0 unspecified atom stereocenters. The number of rotatable bonds is 6. The predicted octanol–water partition coefficient (Wildman–Crippen LogP) is 3.15. The van der Waals surface area contributed by atoms with E-state index >= 15 is 0 Å². The van der Waals surface area contributed by atoms with Gasteiger partial charge < -0.3 is 14.2 Å². The van der Waals surface area contributed by atoms with Crippen LogP contribution < -0.4 is 0 Å². The quantitative estimate of drug-likeness (QED) is 0.626. The van der Waals surface area contributed by atoms with Crippen LogP contribution in [0.2, 0.25) is 0 Å². The van der Waals surface area contributed by atoms with E-state index in [9.17, 15) is 4.79 Å². The molecule has 3 aromatic rings. The number of benzene rings is 2. The van der Waals surface area contributed by atoms with Crippen molar-refractivity contribution in [2.45, 2.75) is 20.0 Å². The smallest absolute Gasteiger partial charge is 0.254 e. The van der Waals surface area contributed by atoms with Gasteiger partial charge in [-0.15, -0.1) is 0 Å². The number of nitrogens with zero attached hydrogens (tertiary/aromatic N) is 4. The molecule has 1 amide bonds. The summed E-state index contributed by atoms with van der Waals surface area (Å²) in [4.78, 5) is 21.3. The van der Waals surface area contributed by atoms with E-state index in [0.717, 1.165) is 49.5 Å². The van der Waals surface area contributed by atoms with Crippen LogP contribution in [0.4, 0.5) is 0 Å². The Kier molecular flexibility index (Phi) is 6.21. The third kappa shape index (κ3) is 4.93. The molecule has 0 spiro atoms. The summed E-state index contributed by atoms with van der Waals surface area (Å²) in [6.45, 7) is 6.44. The average Bonchev–Trinajstić information content (AvgIpc) is 3.22. The molecular formula is C23H26N4O3. The van der Waals surface area contributed by atoms with Crippen molar-refractivity contribution in [1.29, 1.82) is 0 Å². The summed E-state index contributed by atoms with van der Waals surface area (Å²) in [6.07, 6.45) is 0. The lowest BCUT2D eigenvalue weighted by atomic mass is 10.1. The molecule has 4 rings (SSSR count). The van der Waals surface area contributed by atoms with Crippen LogP contribution in [0.5, 0.6) is 0 Å². The van der Waals surface area contributed by atoms with Crippen molar-refractivity contribution in [2.24, 2.45) is 0 Å². The lowest BCUT2D eigenvalue weighted by molar-refractivity contribution is 0.0341. The Morgan fingerprint density at radius 2 is 1.93 bits per heavy atom. The van der Waals surface area contributed by atoms with Gasteiger partial charge in [-0.3, -0.25) is 9.69 Å². The highest BCUT2D eigenvalue weighted by Gasteiger charge is 2.17. The fourth-order valence-electron chi connectivity index (χ4n) is 3.54. The van der Waals surface area contributed by atoms with Crippen molar-refractivity contribution >= 4 is 5.91 Å². The Bertz CT molecular complexity index is 1010. The molecule has 156 valence electrons. The lowest BCUT2D eigenvalue weighted by Gasteiger charge is -2.26. The van der Waals surface area contributed by atoms with Crippen LogP contribution in [-0.4, -0.2) is 59.2 Å². The second-order valence-electron chi connectivity index (χ2n) is 7.63. The molecule has 1 saturated heterocycles. The van der Waals surface area contributed by atoms with Crippen LogP contribution >= 0.6 is 0 Å². The number of hydrogen-bond acceptors (Lipinski definition) is 6. The number of morpholine rings is 1. The van der Waals surface area contributed by atoms with E-state index < -0.39 is 0 Å². The van der Waals surface area contributed by atoms with Gasteiger partial charge in [0.2, 0.25) is 11.7 Å². The predicted molar refractivity (Wildman–Crippen MR) is 113 cm³/mol. The number of ether oxygens (including phenoxy) is 1.